The standard InChI is InChI=1S/C23H31ClN6O3S/c1-23(2)10-9-20(31)28-19-8-7-15(11-16(19)23)27-22-25-13-17(24)21(30-22)29-18-6-4-3-5-14(18)12-26-34(32)33/h7-8,11,13-14,18,26H,3-6,9-10,12H2,1-2H3,(H,28,31)(H,32,33)(H2,25,27,29,30)/t14-,18-/m1/s1. The molecule has 1 aromatic carbocycles. The molecule has 3 atom stereocenters. The quantitative estimate of drug-likeness (QED) is 0.347. The number of nitrogens with one attached hydrogen (secondary N) is 4. The van der Waals surface area contributed by atoms with Gasteiger partial charge in [0.25, 0.3) is 0 Å². The molecule has 1 unspecified atom stereocenters. The highest BCUT2D eigenvalue weighted by atomic mass is 35.5. The van der Waals surface area contributed by atoms with Crippen LogP contribution in [0.1, 0.15) is 57.9 Å². The van der Waals surface area contributed by atoms with Gasteiger partial charge in [-0.15, -0.1) is 0 Å². The van der Waals surface area contributed by atoms with Crippen LogP contribution in [0, 0.1) is 5.92 Å². The molecular weight excluding hydrogens is 476 g/mol. The maximum absolute atomic E-state index is 12.0. The van der Waals surface area contributed by atoms with Gasteiger partial charge in [0.2, 0.25) is 23.1 Å². The number of rotatable bonds is 7. The molecule has 2 aromatic rings. The van der Waals surface area contributed by atoms with Crippen LogP contribution < -0.4 is 20.7 Å². The Labute approximate surface area is 207 Å². The molecule has 9 nitrogen and oxygen atoms in total. The van der Waals surface area contributed by atoms with Gasteiger partial charge in [-0.1, -0.05) is 38.3 Å². The van der Waals surface area contributed by atoms with E-state index in [0.29, 0.717) is 29.8 Å². The van der Waals surface area contributed by atoms with Crippen LogP contribution in [-0.2, 0) is 21.5 Å². The molecule has 1 aliphatic heterocycles. The summed E-state index contributed by atoms with van der Waals surface area (Å²) in [6.45, 7) is 4.72. The zero-order valence-corrected chi connectivity index (χ0v) is 20.9. The van der Waals surface area contributed by atoms with Crippen LogP contribution >= 0.6 is 11.6 Å². The third-order valence-corrected chi connectivity index (χ3v) is 7.39. The van der Waals surface area contributed by atoms with Crippen molar-refractivity contribution in [2.45, 2.75) is 63.8 Å². The number of benzene rings is 1. The summed E-state index contributed by atoms with van der Waals surface area (Å²) >= 11 is 4.37. The van der Waals surface area contributed by atoms with Gasteiger partial charge in [-0.3, -0.25) is 9.35 Å². The van der Waals surface area contributed by atoms with Crippen molar-refractivity contribution in [1.29, 1.82) is 0 Å². The first kappa shape index (κ1) is 24.8. The summed E-state index contributed by atoms with van der Waals surface area (Å²) in [5.41, 5.74) is 2.57. The molecule has 34 heavy (non-hydrogen) atoms. The summed E-state index contributed by atoms with van der Waals surface area (Å²) in [5.74, 6) is 1.16. The summed E-state index contributed by atoms with van der Waals surface area (Å²) in [7, 11) is 0. The summed E-state index contributed by atoms with van der Waals surface area (Å²) < 4.78 is 22.7. The van der Waals surface area contributed by atoms with Gasteiger partial charge in [-0.25, -0.2) is 13.9 Å². The van der Waals surface area contributed by atoms with Crippen LogP contribution in [0.4, 0.5) is 23.1 Å². The fraction of sp³-hybridized carbons (Fsp3) is 0.522. The Hall–Kier alpha value is -2.27. The van der Waals surface area contributed by atoms with Crippen LogP contribution in [-0.4, -0.2) is 37.2 Å². The Balaban J connectivity index is 1.52. The van der Waals surface area contributed by atoms with E-state index in [1.807, 2.05) is 18.2 Å². The topological polar surface area (TPSA) is 128 Å². The lowest BCUT2D eigenvalue weighted by Crippen LogP contribution is -2.39. The van der Waals surface area contributed by atoms with Gasteiger partial charge < -0.3 is 16.0 Å². The summed E-state index contributed by atoms with van der Waals surface area (Å²) in [6.07, 6.45) is 6.86. The third kappa shape index (κ3) is 6.04. The average Bonchev–Trinajstić information content (AvgIpc) is 2.91. The van der Waals surface area contributed by atoms with E-state index in [2.05, 4.69) is 44.5 Å². The van der Waals surface area contributed by atoms with E-state index in [4.69, 9.17) is 16.2 Å². The number of aromatic nitrogens is 2. The highest BCUT2D eigenvalue weighted by molar-refractivity contribution is 7.77. The number of hydrogen-bond acceptors (Lipinski definition) is 6. The fourth-order valence-electron chi connectivity index (χ4n) is 4.72. The number of carbonyl (C=O) groups excluding carboxylic acids is 1. The Morgan fingerprint density at radius 3 is 2.88 bits per heavy atom. The second-order valence-electron chi connectivity index (χ2n) is 9.60. The van der Waals surface area contributed by atoms with Crippen molar-refractivity contribution in [2.75, 3.05) is 22.5 Å². The fourth-order valence-corrected chi connectivity index (χ4v) is 5.22. The van der Waals surface area contributed by atoms with E-state index >= 15 is 0 Å². The number of halogens is 1. The molecule has 0 radical (unpaired) electrons. The van der Waals surface area contributed by atoms with Crippen molar-refractivity contribution in [3.63, 3.8) is 0 Å². The number of carbonyl (C=O) groups is 1. The predicted octanol–water partition coefficient (Wildman–Crippen LogP) is 4.58. The van der Waals surface area contributed by atoms with E-state index in [9.17, 15) is 9.00 Å². The van der Waals surface area contributed by atoms with Gasteiger partial charge in [-0.2, -0.15) is 4.98 Å². The monoisotopic (exact) mass is 506 g/mol. The third-order valence-electron chi connectivity index (χ3n) is 6.70. The number of anilines is 4. The van der Waals surface area contributed by atoms with Gasteiger partial charge in [0.15, 0.2) is 5.82 Å². The largest absolute Gasteiger partial charge is 0.366 e. The van der Waals surface area contributed by atoms with Gasteiger partial charge in [-0.05, 0) is 54.4 Å². The first-order chi connectivity index (χ1) is 16.2. The minimum absolute atomic E-state index is 0.0331. The van der Waals surface area contributed by atoms with Crippen LogP contribution in [0.2, 0.25) is 5.02 Å². The smallest absolute Gasteiger partial charge is 0.231 e. The van der Waals surface area contributed by atoms with Crippen molar-refractivity contribution in [3.8, 4) is 0 Å². The number of amides is 1. The molecule has 2 heterocycles. The molecule has 2 aliphatic rings. The molecule has 1 fully saturated rings. The summed E-state index contributed by atoms with van der Waals surface area (Å²) in [4.78, 5) is 21.0. The molecule has 11 heteroatoms. The Morgan fingerprint density at radius 2 is 2.09 bits per heavy atom. The van der Waals surface area contributed by atoms with E-state index in [0.717, 1.165) is 49.0 Å². The second kappa shape index (κ2) is 10.6. The lowest BCUT2D eigenvalue weighted by molar-refractivity contribution is -0.116. The first-order valence-electron chi connectivity index (χ1n) is 11.6. The average molecular weight is 507 g/mol. The Bertz CT molecular complexity index is 1080. The van der Waals surface area contributed by atoms with E-state index in [-0.39, 0.29) is 23.3 Å². The maximum Gasteiger partial charge on any atom is 0.231 e. The Kier molecular flexibility index (Phi) is 7.71. The van der Waals surface area contributed by atoms with Crippen molar-refractivity contribution >= 4 is 51.9 Å². The molecule has 1 aromatic heterocycles. The predicted molar refractivity (Wildman–Crippen MR) is 136 cm³/mol. The van der Waals surface area contributed by atoms with Crippen molar-refractivity contribution in [1.82, 2.24) is 14.7 Å². The van der Waals surface area contributed by atoms with Crippen molar-refractivity contribution < 1.29 is 13.6 Å². The zero-order valence-electron chi connectivity index (χ0n) is 19.4. The normalized spacial score (nSPS) is 22.8. The van der Waals surface area contributed by atoms with Crippen LogP contribution in [0.5, 0.6) is 0 Å². The SMILES string of the molecule is CC1(C)CCC(=O)Nc2ccc(Nc3ncc(Cl)c(N[C@@H]4CCCC[C@@H]4CNS(=O)O)n3)cc21. The van der Waals surface area contributed by atoms with Gasteiger partial charge in [0, 0.05) is 30.4 Å². The van der Waals surface area contributed by atoms with Crippen LogP contribution in [0.3, 0.4) is 0 Å². The summed E-state index contributed by atoms with van der Waals surface area (Å²) in [5, 5.41) is 10.1. The van der Waals surface area contributed by atoms with Crippen molar-refractivity contribution in [2.24, 2.45) is 5.92 Å². The molecule has 5 N–H and O–H groups in total. The van der Waals surface area contributed by atoms with Gasteiger partial charge in [0.05, 0.1) is 6.20 Å². The molecule has 1 aliphatic carbocycles. The number of hydrogen-bond donors (Lipinski definition) is 5. The number of fused-ring (bicyclic) bond motifs is 1. The van der Waals surface area contributed by atoms with E-state index in [1.54, 1.807) is 6.20 Å². The molecule has 1 saturated carbocycles. The molecule has 4 rings (SSSR count). The summed E-state index contributed by atoms with van der Waals surface area (Å²) in [6, 6.07) is 5.91. The Morgan fingerprint density at radius 1 is 1.29 bits per heavy atom. The molecule has 0 saturated heterocycles. The lowest BCUT2D eigenvalue weighted by Gasteiger charge is -2.32. The number of nitrogens with zero attached hydrogens (tertiary/aromatic N) is 2. The molecular formula is C23H31ClN6O3S. The van der Waals surface area contributed by atoms with Gasteiger partial charge >= 0.3 is 0 Å². The highest BCUT2D eigenvalue weighted by Crippen LogP contribution is 2.38. The lowest BCUT2D eigenvalue weighted by atomic mass is 9.80. The van der Waals surface area contributed by atoms with Gasteiger partial charge in [0.1, 0.15) is 5.02 Å². The molecule has 0 bridgehead atoms. The molecule has 184 valence electrons. The zero-order chi connectivity index (χ0) is 24.3. The molecule has 1 amide bonds. The second-order valence-corrected chi connectivity index (χ2v) is 10.8. The van der Waals surface area contributed by atoms with E-state index < -0.39 is 11.3 Å². The van der Waals surface area contributed by atoms with Crippen molar-refractivity contribution in [3.05, 3.63) is 35.0 Å². The van der Waals surface area contributed by atoms with E-state index in [1.165, 1.54) is 0 Å². The van der Waals surface area contributed by atoms with Crippen LogP contribution in [0.15, 0.2) is 24.4 Å². The minimum atomic E-state index is -2.03. The molecule has 0 spiro atoms. The first-order valence-corrected chi connectivity index (χ1v) is 13.0. The minimum Gasteiger partial charge on any atom is -0.366 e. The maximum atomic E-state index is 12.0. The highest BCUT2D eigenvalue weighted by Gasteiger charge is 2.29. The van der Waals surface area contributed by atoms with Crippen LogP contribution in [0.25, 0.3) is 0 Å².